The number of carbonyl (C=O) groups is 1. The summed E-state index contributed by atoms with van der Waals surface area (Å²) in [6, 6.07) is 17.3. The normalized spacial score (nSPS) is 25.8. The first-order chi connectivity index (χ1) is 14.6. The SMILES string of the molecule is O=C(OCc1ccccc1)N1C2CCCC1CC(O)(c1cnc3ccccc3n1)C2. The number of nitrogens with zero attached hydrogens (tertiary/aromatic N) is 3. The zero-order valence-electron chi connectivity index (χ0n) is 16.8. The Morgan fingerprint density at radius 3 is 2.43 bits per heavy atom. The second kappa shape index (κ2) is 7.69. The molecule has 6 nitrogen and oxygen atoms in total. The topological polar surface area (TPSA) is 75.5 Å². The van der Waals surface area contributed by atoms with E-state index in [4.69, 9.17) is 9.72 Å². The molecule has 0 spiro atoms. The highest BCUT2D eigenvalue weighted by atomic mass is 16.6. The van der Waals surface area contributed by atoms with E-state index in [1.165, 1.54) is 0 Å². The average Bonchev–Trinajstić information content (AvgIpc) is 2.77. The number of hydrogen-bond donors (Lipinski definition) is 1. The van der Waals surface area contributed by atoms with E-state index in [-0.39, 0.29) is 24.8 Å². The predicted molar refractivity (Wildman–Crippen MR) is 113 cm³/mol. The van der Waals surface area contributed by atoms with Crippen LogP contribution in [-0.2, 0) is 16.9 Å². The van der Waals surface area contributed by atoms with Crippen LogP contribution < -0.4 is 0 Å². The van der Waals surface area contributed by atoms with Crippen LogP contribution in [0, 0.1) is 0 Å². The molecule has 0 aliphatic carbocycles. The highest BCUT2D eigenvalue weighted by molar-refractivity contribution is 5.73. The number of benzene rings is 2. The van der Waals surface area contributed by atoms with Crippen LogP contribution in [0.4, 0.5) is 4.79 Å². The van der Waals surface area contributed by atoms with E-state index in [0.29, 0.717) is 18.5 Å². The van der Waals surface area contributed by atoms with E-state index in [2.05, 4.69) is 4.98 Å². The van der Waals surface area contributed by atoms with Gasteiger partial charge in [0.15, 0.2) is 0 Å². The molecule has 2 saturated heterocycles. The summed E-state index contributed by atoms with van der Waals surface area (Å²) in [5.74, 6) is 0. The zero-order valence-corrected chi connectivity index (χ0v) is 16.8. The van der Waals surface area contributed by atoms with Gasteiger partial charge in [-0.25, -0.2) is 9.78 Å². The lowest BCUT2D eigenvalue weighted by atomic mass is 9.74. The Morgan fingerprint density at radius 2 is 1.70 bits per heavy atom. The number of amides is 1. The van der Waals surface area contributed by atoms with Gasteiger partial charge in [0.2, 0.25) is 0 Å². The Labute approximate surface area is 175 Å². The molecule has 2 aliphatic rings. The number of aromatic nitrogens is 2. The second-order valence-corrected chi connectivity index (χ2v) is 8.37. The Bertz CT molecular complexity index is 1040. The minimum atomic E-state index is -1.08. The predicted octanol–water partition coefficient (Wildman–Crippen LogP) is 4.17. The smallest absolute Gasteiger partial charge is 0.410 e. The molecule has 1 N–H and O–H groups in total. The van der Waals surface area contributed by atoms with Crippen LogP contribution >= 0.6 is 0 Å². The highest BCUT2D eigenvalue weighted by Crippen LogP contribution is 2.44. The standard InChI is InChI=1S/C24H25N3O3/c28-23(30-16-17-7-2-1-3-8-17)27-18-9-6-10-19(27)14-24(29,13-18)22-15-25-20-11-4-5-12-21(20)26-22/h1-5,7-8,11-12,15,18-19,29H,6,9-10,13-14,16H2. The number of para-hydroxylation sites is 2. The summed E-state index contributed by atoms with van der Waals surface area (Å²) in [5, 5.41) is 11.5. The Kier molecular flexibility index (Phi) is 4.87. The minimum Gasteiger partial charge on any atom is -0.445 e. The molecule has 1 aromatic heterocycles. The van der Waals surface area contributed by atoms with E-state index < -0.39 is 5.60 Å². The summed E-state index contributed by atoms with van der Waals surface area (Å²) in [4.78, 5) is 23.9. The summed E-state index contributed by atoms with van der Waals surface area (Å²) in [5.41, 5.74) is 2.07. The summed E-state index contributed by atoms with van der Waals surface area (Å²) in [6.45, 7) is 0.260. The Balaban J connectivity index is 1.35. The maximum Gasteiger partial charge on any atom is 0.410 e. The number of hydrogen-bond acceptors (Lipinski definition) is 5. The van der Waals surface area contributed by atoms with Gasteiger partial charge in [-0.15, -0.1) is 0 Å². The van der Waals surface area contributed by atoms with Crippen LogP contribution in [0.25, 0.3) is 11.0 Å². The fraction of sp³-hybridized carbons (Fsp3) is 0.375. The molecule has 6 heteroatoms. The lowest BCUT2D eigenvalue weighted by molar-refractivity contribution is -0.0918. The summed E-state index contributed by atoms with van der Waals surface area (Å²) >= 11 is 0. The van der Waals surface area contributed by atoms with Crippen molar-refractivity contribution < 1.29 is 14.6 Å². The second-order valence-electron chi connectivity index (χ2n) is 8.37. The van der Waals surface area contributed by atoms with Crippen LogP contribution in [0.1, 0.15) is 43.4 Å². The summed E-state index contributed by atoms with van der Waals surface area (Å²) in [6.07, 6.45) is 5.08. The van der Waals surface area contributed by atoms with Gasteiger partial charge in [0.1, 0.15) is 12.2 Å². The zero-order chi connectivity index (χ0) is 20.6. The largest absolute Gasteiger partial charge is 0.445 e. The molecule has 2 fully saturated rings. The molecule has 30 heavy (non-hydrogen) atoms. The molecule has 2 atom stereocenters. The van der Waals surface area contributed by atoms with Crippen molar-refractivity contribution in [1.82, 2.24) is 14.9 Å². The molecular formula is C24H25N3O3. The lowest BCUT2D eigenvalue weighted by Crippen LogP contribution is -2.59. The van der Waals surface area contributed by atoms with Crippen molar-refractivity contribution in [2.45, 2.75) is 56.4 Å². The molecule has 2 unspecified atom stereocenters. The summed E-state index contributed by atoms with van der Waals surface area (Å²) < 4.78 is 5.61. The van der Waals surface area contributed by atoms with Crippen LogP contribution in [-0.4, -0.2) is 38.2 Å². The van der Waals surface area contributed by atoms with E-state index >= 15 is 0 Å². The van der Waals surface area contributed by atoms with Crippen molar-refractivity contribution in [3.63, 3.8) is 0 Å². The average molecular weight is 403 g/mol. The van der Waals surface area contributed by atoms with Crippen molar-refractivity contribution in [3.8, 4) is 0 Å². The van der Waals surface area contributed by atoms with Crippen LogP contribution in [0.3, 0.4) is 0 Å². The molecule has 2 aromatic carbocycles. The van der Waals surface area contributed by atoms with Crippen molar-refractivity contribution in [2.24, 2.45) is 0 Å². The van der Waals surface area contributed by atoms with Crippen molar-refractivity contribution in [3.05, 3.63) is 72.1 Å². The van der Waals surface area contributed by atoms with E-state index in [0.717, 1.165) is 35.9 Å². The van der Waals surface area contributed by atoms with Gasteiger partial charge < -0.3 is 14.7 Å². The van der Waals surface area contributed by atoms with E-state index in [1.807, 2.05) is 59.5 Å². The number of rotatable bonds is 3. The molecule has 5 rings (SSSR count). The third-order valence-electron chi connectivity index (χ3n) is 6.35. The molecular weight excluding hydrogens is 378 g/mol. The maximum absolute atomic E-state index is 12.9. The van der Waals surface area contributed by atoms with E-state index in [9.17, 15) is 9.90 Å². The fourth-order valence-electron chi connectivity index (χ4n) is 4.91. The van der Waals surface area contributed by atoms with Gasteiger partial charge in [-0.3, -0.25) is 4.98 Å². The van der Waals surface area contributed by atoms with Gasteiger partial charge in [-0.05, 0) is 37.0 Å². The quantitative estimate of drug-likeness (QED) is 0.710. The van der Waals surface area contributed by atoms with Crippen LogP contribution in [0.5, 0.6) is 0 Å². The number of carbonyl (C=O) groups excluding carboxylic acids is 1. The molecule has 3 heterocycles. The van der Waals surface area contributed by atoms with Gasteiger partial charge in [0.25, 0.3) is 0 Å². The van der Waals surface area contributed by atoms with Crippen molar-refractivity contribution in [1.29, 1.82) is 0 Å². The Hall–Kier alpha value is -2.99. The van der Waals surface area contributed by atoms with Gasteiger partial charge in [-0.1, -0.05) is 42.5 Å². The van der Waals surface area contributed by atoms with Crippen molar-refractivity contribution >= 4 is 17.1 Å². The molecule has 3 aromatic rings. The molecule has 0 radical (unpaired) electrons. The molecule has 2 bridgehead atoms. The maximum atomic E-state index is 12.9. The van der Waals surface area contributed by atoms with Gasteiger partial charge in [-0.2, -0.15) is 0 Å². The van der Waals surface area contributed by atoms with Gasteiger partial charge in [0, 0.05) is 24.9 Å². The first kappa shape index (κ1) is 19.0. The van der Waals surface area contributed by atoms with Crippen molar-refractivity contribution in [2.75, 3.05) is 0 Å². The Morgan fingerprint density at radius 1 is 1.03 bits per heavy atom. The molecule has 2 aliphatic heterocycles. The lowest BCUT2D eigenvalue weighted by Gasteiger charge is -2.50. The third-order valence-corrected chi connectivity index (χ3v) is 6.35. The fourth-order valence-corrected chi connectivity index (χ4v) is 4.91. The van der Waals surface area contributed by atoms with Gasteiger partial charge >= 0.3 is 6.09 Å². The molecule has 1 amide bonds. The number of ether oxygens (including phenoxy) is 1. The highest BCUT2D eigenvalue weighted by Gasteiger charge is 2.49. The number of aliphatic hydroxyl groups is 1. The minimum absolute atomic E-state index is 0.0564. The monoisotopic (exact) mass is 403 g/mol. The first-order valence-corrected chi connectivity index (χ1v) is 10.6. The first-order valence-electron chi connectivity index (χ1n) is 10.6. The molecule has 0 saturated carbocycles. The number of piperidine rings is 2. The van der Waals surface area contributed by atoms with Crippen LogP contribution in [0.15, 0.2) is 60.8 Å². The summed E-state index contributed by atoms with van der Waals surface area (Å²) in [7, 11) is 0. The third kappa shape index (κ3) is 3.52. The number of fused-ring (bicyclic) bond motifs is 3. The molecule has 154 valence electrons. The van der Waals surface area contributed by atoms with Gasteiger partial charge in [0.05, 0.1) is 22.9 Å². The van der Waals surface area contributed by atoms with E-state index in [1.54, 1.807) is 6.20 Å². The van der Waals surface area contributed by atoms with Crippen LogP contribution in [0.2, 0.25) is 0 Å².